The molecule has 1 N–H and O–H groups in total. The maximum atomic E-state index is 13.1. The summed E-state index contributed by atoms with van der Waals surface area (Å²) in [6.07, 6.45) is 6.15. The Morgan fingerprint density at radius 2 is 1.75 bits per heavy atom. The number of sulfone groups is 1. The van der Waals surface area contributed by atoms with Crippen molar-refractivity contribution in [3.63, 3.8) is 0 Å². The smallest absolute Gasteiger partial charge is 0.263 e. The lowest BCUT2D eigenvalue weighted by molar-refractivity contribution is -0.135. The first-order valence-corrected chi connectivity index (χ1v) is 12.6. The molecule has 4 rings (SSSR count). The fourth-order valence-corrected chi connectivity index (χ4v) is 5.18. The van der Waals surface area contributed by atoms with Gasteiger partial charge < -0.3 is 15.0 Å². The van der Waals surface area contributed by atoms with E-state index in [1.165, 1.54) is 36.7 Å². The highest BCUT2D eigenvalue weighted by Gasteiger charge is 2.43. The molecule has 0 aliphatic carbocycles. The van der Waals surface area contributed by atoms with Crippen molar-refractivity contribution in [1.82, 2.24) is 10.3 Å². The highest BCUT2D eigenvalue weighted by atomic mass is 32.2. The summed E-state index contributed by atoms with van der Waals surface area (Å²) in [5, 5.41) is 3.13. The van der Waals surface area contributed by atoms with Crippen LogP contribution in [0.1, 0.15) is 39.5 Å². The number of carbonyl (C=O) groups is 1. The van der Waals surface area contributed by atoms with E-state index in [-0.39, 0.29) is 34.7 Å². The Bertz CT molecular complexity index is 1070. The lowest BCUT2D eigenvalue weighted by atomic mass is 9.96. The molecule has 3 atom stereocenters. The van der Waals surface area contributed by atoms with Crippen LogP contribution < -0.4 is 15.0 Å². The number of aromatic nitrogens is 1. The summed E-state index contributed by atoms with van der Waals surface area (Å²) in [7, 11) is -3.28. The molecule has 1 aromatic heterocycles. The molecule has 2 bridgehead atoms. The van der Waals surface area contributed by atoms with Crippen molar-refractivity contribution >= 4 is 21.6 Å². The van der Waals surface area contributed by atoms with Gasteiger partial charge in [0.05, 0.1) is 4.90 Å². The fourth-order valence-electron chi connectivity index (χ4n) is 4.62. The number of carbonyl (C=O) groups excluding carboxylic acids is 1. The second-order valence-electron chi connectivity index (χ2n) is 9.12. The van der Waals surface area contributed by atoms with E-state index in [2.05, 4.69) is 15.2 Å². The molecule has 3 heterocycles. The summed E-state index contributed by atoms with van der Waals surface area (Å²) in [5.74, 6) is 0.636. The molecule has 1 aromatic carbocycles. The molecular formula is C23H28FN3O4S. The van der Waals surface area contributed by atoms with Crippen molar-refractivity contribution < 1.29 is 22.3 Å². The number of hydrogen-bond donors (Lipinski definition) is 1. The molecule has 172 valence electrons. The molecular weight excluding hydrogens is 433 g/mol. The van der Waals surface area contributed by atoms with E-state index in [0.29, 0.717) is 5.75 Å². The van der Waals surface area contributed by atoms with Gasteiger partial charge in [-0.3, -0.25) is 4.79 Å². The van der Waals surface area contributed by atoms with Crippen LogP contribution in [0.5, 0.6) is 5.75 Å². The summed E-state index contributed by atoms with van der Waals surface area (Å²) < 4.78 is 42.3. The van der Waals surface area contributed by atoms with Gasteiger partial charge in [-0.05, 0) is 75.9 Å². The normalized spacial score (nSPS) is 23.1. The number of ether oxygens (including phenoxy) is 1. The summed E-state index contributed by atoms with van der Waals surface area (Å²) in [5.41, 5.74) is -1.10. The zero-order valence-corrected chi connectivity index (χ0v) is 19.2. The van der Waals surface area contributed by atoms with Crippen molar-refractivity contribution in [3.8, 4) is 5.75 Å². The van der Waals surface area contributed by atoms with Crippen LogP contribution >= 0.6 is 0 Å². The minimum absolute atomic E-state index is 0.0163. The monoisotopic (exact) mass is 461 g/mol. The first-order chi connectivity index (χ1) is 15.0. The average molecular weight is 462 g/mol. The Labute approximate surface area is 187 Å². The van der Waals surface area contributed by atoms with Crippen molar-refractivity contribution in [2.24, 2.45) is 0 Å². The van der Waals surface area contributed by atoms with Crippen molar-refractivity contribution in [2.75, 3.05) is 11.2 Å². The molecule has 9 heteroatoms. The van der Waals surface area contributed by atoms with E-state index in [1.54, 1.807) is 26.0 Å². The van der Waals surface area contributed by atoms with Crippen LogP contribution in [-0.4, -0.2) is 49.3 Å². The van der Waals surface area contributed by atoms with Crippen LogP contribution in [0.4, 0.5) is 10.2 Å². The van der Waals surface area contributed by atoms with Gasteiger partial charge in [-0.25, -0.2) is 17.8 Å². The van der Waals surface area contributed by atoms with E-state index in [0.717, 1.165) is 31.5 Å². The van der Waals surface area contributed by atoms with Gasteiger partial charge >= 0.3 is 0 Å². The number of pyridine rings is 1. The molecule has 2 saturated heterocycles. The third-order valence-electron chi connectivity index (χ3n) is 6.22. The summed E-state index contributed by atoms with van der Waals surface area (Å²) in [6.45, 7) is 3.39. The Morgan fingerprint density at radius 3 is 2.28 bits per heavy atom. The Kier molecular flexibility index (Phi) is 5.87. The third kappa shape index (κ3) is 4.72. The first-order valence-electron chi connectivity index (χ1n) is 10.7. The molecule has 0 spiro atoms. The maximum Gasteiger partial charge on any atom is 0.263 e. The second kappa shape index (κ2) is 8.35. The molecule has 32 heavy (non-hydrogen) atoms. The summed E-state index contributed by atoms with van der Waals surface area (Å²) >= 11 is 0. The van der Waals surface area contributed by atoms with Gasteiger partial charge in [0.2, 0.25) is 0 Å². The number of halogens is 1. The number of anilines is 1. The van der Waals surface area contributed by atoms with Crippen LogP contribution in [0, 0.1) is 5.82 Å². The molecule has 0 unspecified atom stereocenters. The van der Waals surface area contributed by atoms with E-state index in [9.17, 15) is 17.6 Å². The van der Waals surface area contributed by atoms with Crippen molar-refractivity contribution in [1.29, 1.82) is 0 Å². The molecule has 7 nitrogen and oxygen atoms in total. The summed E-state index contributed by atoms with van der Waals surface area (Å²) in [6, 6.07) is 9.45. The highest BCUT2D eigenvalue weighted by molar-refractivity contribution is 7.90. The predicted octanol–water partition coefficient (Wildman–Crippen LogP) is 3.10. The van der Waals surface area contributed by atoms with Gasteiger partial charge in [-0.1, -0.05) is 0 Å². The Balaban J connectivity index is 1.40. The van der Waals surface area contributed by atoms with E-state index < -0.39 is 15.4 Å². The standard InChI is InChI=1S/C23H28FN3O4S/c1-23(2,31-19-8-4-15(24)5-9-19)22(28)26-16-12-17-6-7-18(13-16)27(17)21-11-10-20(14-25-21)32(3,29)30/h4-5,8-11,14,16-18H,6-7,12-13H2,1-3H3,(H,26,28)/t16-,17+,18-. The zero-order chi connectivity index (χ0) is 23.1. The van der Waals surface area contributed by atoms with E-state index in [4.69, 9.17) is 4.74 Å². The Hall–Kier alpha value is -2.68. The highest BCUT2D eigenvalue weighted by Crippen LogP contribution is 2.39. The second-order valence-corrected chi connectivity index (χ2v) is 11.1. The third-order valence-corrected chi connectivity index (χ3v) is 7.31. The largest absolute Gasteiger partial charge is 0.478 e. The van der Waals surface area contributed by atoms with Gasteiger partial charge in [0.1, 0.15) is 17.4 Å². The lowest BCUT2D eigenvalue weighted by Crippen LogP contribution is -2.55. The number of hydrogen-bond acceptors (Lipinski definition) is 6. The molecule has 2 aliphatic heterocycles. The maximum absolute atomic E-state index is 13.1. The average Bonchev–Trinajstić information content (AvgIpc) is 2.99. The van der Waals surface area contributed by atoms with E-state index in [1.807, 2.05) is 0 Å². The number of piperidine rings is 1. The van der Waals surface area contributed by atoms with Crippen LogP contribution in [-0.2, 0) is 14.6 Å². The lowest BCUT2D eigenvalue weighted by Gasteiger charge is -2.40. The first kappa shape index (κ1) is 22.5. The molecule has 1 amide bonds. The topological polar surface area (TPSA) is 88.6 Å². The number of fused-ring (bicyclic) bond motifs is 2. The number of amides is 1. The number of rotatable bonds is 6. The van der Waals surface area contributed by atoms with E-state index >= 15 is 0 Å². The van der Waals surface area contributed by atoms with Crippen LogP contribution in [0.2, 0.25) is 0 Å². The Morgan fingerprint density at radius 1 is 1.12 bits per heavy atom. The molecule has 0 saturated carbocycles. The molecule has 0 radical (unpaired) electrons. The molecule has 2 aliphatic rings. The van der Waals surface area contributed by atoms with Gasteiger partial charge in [-0.15, -0.1) is 0 Å². The SMILES string of the molecule is CC(C)(Oc1ccc(F)cc1)C(=O)N[C@H]1C[C@H]2CC[C@@H](C1)N2c1ccc(S(C)(=O)=O)cn1. The van der Waals surface area contributed by atoms with Gasteiger partial charge in [0.25, 0.3) is 5.91 Å². The van der Waals surface area contributed by atoms with Crippen LogP contribution in [0.3, 0.4) is 0 Å². The van der Waals surface area contributed by atoms with Crippen molar-refractivity contribution in [2.45, 2.75) is 68.2 Å². The number of nitrogens with zero attached hydrogens (tertiary/aromatic N) is 2. The summed E-state index contributed by atoms with van der Waals surface area (Å²) in [4.78, 5) is 19.8. The van der Waals surface area contributed by atoms with Gasteiger partial charge in [0.15, 0.2) is 15.4 Å². The minimum Gasteiger partial charge on any atom is -0.478 e. The van der Waals surface area contributed by atoms with Crippen LogP contribution in [0.25, 0.3) is 0 Å². The van der Waals surface area contributed by atoms with Crippen molar-refractivity contribution in [3.05, 3.63) is 48.4 Å². The van der Waals surface area contributed by atoms with Crippen LogP contribution in [0.15, 0.2) is 47.5 Å². The minimum atomic E-state index is -3.28. The fraction of sp³-hybridized carbons (Fsp3) is 0.478. The predicted molar refractivity (Wildman–Crippen MR) is 119 cm³/mol. The van der Waals surface area contributed by atoms with Gasteiger partial charge in [0, 0.05) is 30.6 Å². The molecule has 2 aromatic rings. The quantitative estimate of drug-likeness (QED) is 0.711. The molecule has 2 fully saturated rings. The number of nitrogens with one attached hydrogen (secondary N) is 1. The van der Waals surface area contributed by atoms with Gasteiger partial charge in [-0.2, -0.15) is 0 Å². The number of benzene rings is 1. The zero-order valence-electron chi connectivity index (χ0n) is 18.4.